The van der Waals surface area contributed by atoms with Gasteiger partial charge < -0.3 is 14.4 Å². The van der Waals surface area contributed by atoms with Gasteiger partial charge in [-0.05, 0) is 49.4 Å². The van der Waals surface area contributed by atoms with Gasteiger partial charge in [0.25, 0.3) is 5.91 Å². The van der Waals surface area contributed by atoms with Crippen molar-refractivity contribution < 1.29 is 14.3 Å². The first kappa shape index (κ1) is 18.0. The number of hydrogen-bond donors (Lipinski definition) is 2. The van der Waals surface area contributed by atoms with Crippen molar-refractivity contribution in [1.29, 1.82) is 0 Å². The first-order valence-electron chi connectivity index (χ1n) is 8.01. The molecular weight excluding hydrogens is 350 g/mol. The predicted molar refractivity (Wildman–Crippen MR) is 99.6 cm³/mol. The number of nitrogens with zero attached hydrogens (tertiary/aromatic N) is 2. The van der Waals surface area contributed by atoms with Crippen molar-refractivity contribution in [3.63, 3.8) is 0 Å². The molecule has 2 N–H and O–H groups in total. The summed E-state index contributed by atoms with van der Waals surface area (Å²) in [5.74, 6) is 5.65. The first-order chi connectivity index (χ1) is 12.3. The lowest BCUT2D eigenvalue weighted by molar-refractivity contribution is 0.0751. The molecule has 0 aliphatic heterocycles. The minimum Gasteiger partial charge on any atom is -0.443 e. The molecule has 0 aromatic carbocycles. The largest absolute Gasteiger partial charge is 0.443 e. The summed E-state index contributed by atoms with van der Waals surface area (Å²) in [6.45, 7) is 3.54. The van der Waals surface area contributed by atoms with Gasteiger partial charge in [0.2, 0.25) is 0 Å². The van der Waals surface area contributed by atoms with E-state index in [1.165, 1.54) is 4.90 Å². The summed E-state index contributed by atoms with van der Waals surface area (Å²) in [6.07, 6.45) is 0. The molecule has 7 heteroatoms. The van der Waals surface area contributed by atoms with Crippen molar-refractivity contribution in [2.45, 2.75) is 26.0 Å². The molecule has 3 heterocycles. The van der Waals surface area contributed by atoms with Crippen molar-refractivity contribution >= 4 is 17.2 Å². The van der Waals surface area contributed by atoms with Crippen LogP contribution in [0.2, 0.25) is 0 Å². The monoisotopic (exact) mass is 369 g/mol. The Kier molecular flexibility index (Phi) is 4.98. The quantitative estimate of drug-likeness (QED) is 0.692. The zero-order chi connectivity index (χ0) is 18.7. The van der Waals surface area contributed by atoms with E-state index < -0.39 is 5.60 Å². The predicted octanol–water partition coefficient (Wildman–Crippen LogP) is 3.13. The van der Waals surface area contributed by atoms with Crippen molar-refractivity contribution in [1.82, 2.24) is 15.1 Å². The number of rotatable bonds is 4. The zero-order valence-electron chi connectivity index (χ0n) is 14.7. The first-order valence-corrected chi connectivity index (χ1v) is 8.89. The number of amides is 1. The normalized spacial score (nSPS) is 11.1. The maximum atomic E-state index is 12.5. The van der Waals surface area contributed by atoms with E-state index in [-0.39, 0.29) is 11.7 Å². The highest BCUT2D eigenvalue weighted by Crippen LogP contribution is 2.23. The number of furan rings is 1. The highest BCUT2D eigenvalue weighted by Gasteiger charge is 2.17. The van der Waals surface area contributed by atoms with Crippen LogP contribution in [0.3, 0.4) is 0 Å². The van der Waals surface area contributed by atoms with Crippen LogP contribution in [-0.4, -0.2) is 38.8 Å². The molecule has 3 rings (SSSR count). The highest BCUT2D eigenvalue weighted by molar-refractivity contribution is 7.13. The van der Waals surface area contributed by atoms with Gasteiger partial charge >= 0.3 is 0 Å². The van der Waals surface area contributed by atoms with E-state index in [2.05, 4.69) is 22.0 Å². The molecule has 3 aromatic heterocycles. The third-order valence-corrected chi connectivity index (χ3v) is 4.36. The summed E-state index contributed by atoms with van der Waals surface area (Å²) in [6, 6.07) is 9.10. The number of H-pyrrole nitrogens is 1. The standard InChI is InChI=1S/C19H19N3O3S/c1-19(2,24)9-8-14-6-7-16(25-14)18(23)22(3)12-13-11-15(21-20-13)17-5-4-10-26-17/h4-7,10-11,24H,12H2,1-3H3,(H,20,21). The summed E-state index contributed by atoms with van der Waals surface area (Å²) in [5.41, 5.74) is 0.574. The van der Waals surface area contributed by atoms with E-state index in [1.54, 1.807) is 44.4 Å². The highest BCUT2D eigenvalue weighted by atomic mass is 32.1. The Balaban J connectivity index is 1.66. The number of nitrogens with one attached hydrogen (secondary N) is 1. The summed E-state index contributed by atoms with van der Waals surface area (Å²) in [4.78, 5) is 15.1. The Morgan fingerprint density at radius 2 is 2.23 bits per heavy atom. The molecule has 0 aliphatic carbocycles. The van der Waals surface area contributed by atoms with Gasteiger partial charge in [0.1, 0.15) is 11.3 Å². The van der Waals surface area contributed by atoms with E-state index in [9.17, 15) is 9.90 Å². The number of aromatic amines is 1. The van der Waals surface area contributed by atoms with Crippen molar-refractivity contribution in [2.75, 3.05) is 7.05 Å². The summed E-state index contributed by atoms with van der Waals surface area (Å²) in [7, 11) is 1.69. The zero-order valence-corrected chi connectivity index (χ0v) is 15.6. The second-order valence-electron chi connectivity index (χ2n) is 6.39. The Bertz CT molecular complexity index is 952. The molecule has 1 amide bonds. The van der Waals surface area contributed by atoms with Crippen LogP contribution in [0.25, 0.3) is 10.6 Å². The fourth-order valence-electron chi connectivity index (χ4n) is 2.24. The average molecular weight is 369 g/mol. The Morgan fingerprint density at radius 3 is 2.92 bits per heavy atom. The number of carbonyl (C=O) groups is 1. The topological polar surface area (TPSA) is 82.4 Å². The number of aromatic nitrogens is 2. The summed E-state index contributed by atoms with van der Waals surface area (Å²) in [5, 5.41) is 18.8. The van der Waals surface area contributed by atoms with Gasteiger partial charge in [-0.15, -0.1) is 11.3 Å². The van der Waals surface area contributed by atoms with Gasteiger partial charge in [0.15, 0.2) is 11.5 Å². The molecule has 0 radical (unpaired) electrons. The SMILES string of the molecule is CN(Cc1cc(-c2cccs2)n[nH]1)C(=O)c1ccc(C#CC(C)(C)O)o1. The molecule has 26 heavy (non-hydrogen) atoms. The minimum absolute atomic E-state index is 0.200. The molecule has 0 unspecified atom stereocenters. The van der Waals surface area contributed by atoms with E-state index >= 15 is 0 Å². The number of carbonyl (C=O) groups excluding carboxylic acids is 1. The molecule has 0 saturated heterocycles. The second-order valence-corrected chi connectivity index (χ2v) is 7.34. The number of thiophene rings is 1. The molecule has 6 nitrogen and oxygen atoms in total. The van der Waals surface area contributed by atoms with Gasteiger partial charge in [0.05, 0.1) is 17.1 Å². The molecular formula is C19H19N3O3S. The van der Waals surface area contributed by atoms with Gasteiger partial charge in [-0.1, -0.05) is 12.0 Å². The third kappa shape index (κ3) is 4.42. The summed E-state index contributed by atoms with van der Waals surface area (Å²) < 4.78 is 5.46. The van der Waals surface area contributed by atoms with E-state index in [0.717, 1.165) is 16.3 Å². The van der Waals surface area contributed by atoms with Crippen LogP contribution >= 0.6 is 11.3 Å². The van der Waals surface area contributed by atoms with Crippen LogP contribution in [0.1, 0.15) is 35.9 Å². The maximum Gasteiger partial charge on any atom is 0.289 e. The van der Waals surface area contributed by atoms with Crippen molar-refractivity contribution in [3.05, 3.63) is 52.9 Å². The Labute approximate surface area is 155 Å². The van der Waals surface area contributed by atoms with Crippen LogP contribution in [0.15, 0.2) is 40.1 Å². The van der Waals surface area contributed by atoms with Crippen LogP contribution < -0.4 is 0 Å². The minimum atomic E-state index is -1.12. The van der Waals surface area contributed by atoms with Crippen LogP contribution in [0, 0.1) is 11.8 Å². The van der Waals surface area contributed by atoms with E-state index in [1.807, 2.05) is 23.6 Å². The molecule has 3 aromatic rings. The van der Waals surface area contributed by atoms with Crippen LogP contribution in [0.5, 0.6) is 0 Å². The molecule has 0 atom stereocenters. The lowest BCUT2D eigenvalue weighted by atomic mass is 10.1. The van der Waals surface area contributed by atoms with Crippen molar-refractivity contribution in [3.8, 4) is 22.4 Å². The van der Waals surface area contributed by atoms with E-state index in [4.69, 9.17) is 4.42 Å². The van der Waals surface area contributed by atoms with Crippen LogP contribution in [0.4, 0.5) is 0 Å². The van der Waals surface area contributed by atoms with Crippen LogP contribution in [-0.2, 0) is 6.54 Å². The maximum absolute atomic E-state index is 12.5. The lowest BCUT2D eigenvalue weighted by Crippen LogP contribution is -2.25. The molecule has 134 valence electrons. The molecule has 0 bridgehead atoms. The Morgan fingerprint density at radius 1 is 1.42 bits per heavy atom. The Hall–Kier alpha value is -2.82. The van der Waals surface area contributed by atoms with Gasteiger partial charge in [0, 0.05) is 7.05 Å². The molecule has 0 saturated carbocycles. The second kappa shape index (κ2) is 7.20. The van der Waals surface area contributed by atoms with Gasteiger partial charge in [-0.2, -0.15) is 5.10 Å². The van der Waals surface area contributed by atoms with Gasteiger partial charge in [-0.3, -0.25) is 9.89 Å². The molecule has 0 spiro atoms. The lowest BCUT2D eigenvalue weighted by Gasteiger charge is -2.14. The van der Waals surface area contributed by atoms with Gasteiger partial charge in [-0.25, -0.2) is 0 Å². The van der Waals surface area contributed by atoms with E-state index in [0.29, 0.717) is 12.3 Å². The smallest absolute Gasteiger partial charge is 0.289 e. The summed E-state index contributed by atoms with van der Waals surface area (Å²) >= 11 is 1.61. The van der Waals surface area contributed by atoms with Crippen molar-refractivity contribution in [2.24, 2.45) is 0 Å². The fourth-order valence-corrected chi connectivity index (χ4v) is 2.93. The number of hydrogen-bond acceptors (Lipinski definition) is 5. The molecule has 0 aliphatic rings. The average Bonchev–Trinajstić information content (AvgIpc) is 3.32. The fraction of sp³-hybridized carbons (Fsp3) is 0.263. The molecule has 0 fully saturated rings. The number of aliphatic hydroxyl groups is 1. The third-order valence-electron chi connectivity index (χ3n) is 3.47.